The van der Waals surface area contributed by atoms with Gasteiger partial charge in [-0.25, -0.2) is 0 Å². The molecule has 1 aliphatic rings. The van der Waals surface area contributed by atoms with Gasteiger partial charge in [0.25, 0.3) is 5.95 Å². The number of nitrogens with zero attached hydrogens (tertiary/aromatic N) is 4. The Bertz CT molecular complexity index is 330. The molecule has 0 amide bonds. The van der Waals surface area contributed by atoms with Crippen LogP contribution in [0.1, 0.15) is 0 Å². The first-order valence-electron chi connectivity index (χ1n) is 3.76. The average Bonchev–Trinajstić information content (AvgIpc) is 2.19. The van der Waals surface area contributed by atoms with Gasteiger partial charge >= 0.3 is 0 Å². The lowest BCUT2D eigenvalue weighted by Crippen LogP contribution is -2.26. The van der Waals surface area contributed by atoms with Crippen LogP contribution in [0.5, 0.6) is 0 Å². The Labute approximate surface area is 80.0 Å². The Kier molecular flexibility index (Phi) is 2.27. The number of ether oxygens (including phenoxy) is 1. The van der Waals surface area contributed by atoms with Crippen LogP contribution in [0.2, 0.25) is 5.15 Å². The van der Waals surface area contributed by atoms with E-state index in [2.05, 4.69) is 15.2 Å². The molecule has 0 N–H and O–H groups in total. The van der Waals surface area contributed by atoms with Crippen molar-refractivity contribution in [3.8, 4) is 0 Å². The number of hydrogen-bond donors (Lipinski definition) is 0. The van der Waals surface area contributed by atoms with Crippen LogP contribution in [0.4, 0.5) is 5.95 Å². The minimum Gasteiger partial charge on any atom is -0.498 e. The van der Waals surface area contributed by atoms with Crippen LogP contribution < -0.4 is 4.90 Å². The molecule has 2 heterocycles. The van der Waals surface area contributed by atoms with E-state index in [1.165, 1.54) is 6.20 Å². The first-order valence-corrected chi connectivity index (χ1v) is 4.14. The molecule has 1 aromatic rings. The van der Waals surface area contributed by atoms with E-state index in [4.69, 9.17) is 16.3 Å². The van der Waals surface area contributed by atoms with E-state index in [-0.39, 0.29) is 0 Å². The lowest BCUT2D eigenvalue weighted by molar-refractivity contribution is 0.245. The molecule has 0 fully saturated rings. The summed E-state index contributed by atoms with van der Waals surface area (Å²) in [6.45, 7) is 1.32. The van der Waals surface area contributed by atoms with Gasteiger partial charge in [0.05, 0.1) is 19.0 Å². The van der Waals surface area contributed by atoms with Crippen LogP contribution in [0, 0.1) is 0 Å². The smallest absolute Gasteiger partial charge is 0.251 e. The van der Waals surface area contributed by atoms with Gasteiger partial charge < -0.3 is 9.64 Å². The summed E-state index contributed by atoms with van der Waals surface area (Å²) in [5.41, 5.74) is 0. The topological polar surface area (TPSA) is 51.1 Å². The summed E-state index contributed by atoms with van der Waals surface area (Å²) in [7, 11) is 0. The number of aromatic nitrogens is 3. The SMILES string of the molecule is Clc1cnnc(N2C=COCC2)n1. The third-order valence-electron chi connectivity index (χ3n) is 1.56. The molecule has 68 valence electrons. The van der Waals surface area contributed by atoms with E-state index in [1.54, 1.807) is 12.5 Å². The summed E-state index contributed by atoms with van der Waals surface area (Å²) in [6.07, 6.45) is 4.74. The number of anilines is 1. The number of halogens is 1. The van der Waals surface area contributed by atoms with Gasteiger partial charge in [0.1, 0.15) is 6.61 Å². The molecule has 0 aliphatic carbocycles. The van der Waals surface area contributed by atoms with E-state index in [9.17, 15) is 0 Å². The molecule has 5 nitrogen and oxygen atoms in total. The Morgan fingerprint density at radius 1 is 1.54 bits per heavy atom. The lowest BCUT2D eigenvalue weighted by atomic mass is 10.5. The van der Waals surface area contributed by atoms with Crippen LogP contribution >= 0.6 is 11.6 Å². The standard InChI is InChI=1S/C7H7ClN4O/c8-6-5-9-11-7(10-6)12-1-3-13-4-2-12/h1,3,5H,2,4H2. The highest BCUT2D eigenvalue weighted by Gasteiger charge is 2.10. The fourth-order valence-electron chi connectivity index (χ4n) is 0.973. The summed E-state index contributed by atoms with van der Waals surface area (Å²) in [4.78, 5) is 5.83. The number of hydrogen-bond acceptors (Lipinski definition) is 5. The average molecular weight is 199 g/mol. The van der Waals surface area contributed by atoms with Gasteiger partial charge in [0, 0.05) is 6.20 Å². The molecule has 0 aromatic carbocycles. The van der Waals surface area contributed by atoms with Crippen LogP contribution in [-0.4, -0.2) is 28.3 Å². The quantitative estimate of drug-likeness (QED) is 0.669. The van der Waals surface area contributed by atoms with Crippen LogP contribution in [0.15, 0.2) is 18.7 Å². The van der Waals surface area contributed by atoms with Crippen molar-refractivity contribution in [2.75, 3.05) is 18.1 Å². The highest BCUT2D eigenvalue weighted by Crippen LogP contribution is 2.11. The first-order chi connectivity index (χ1) is 6.36. The molecule has 2 rings (SSSR count). The van der Waals surface area contributed by atoms with Crippen molar-refractivity contribution < 1.29 is 4.74 Å². The molecular formula is C7H7ClN4O. The van der Waals surface area contributed by atoms with Gasteiger partial charge in [-0.1, -0.05) is 11.6 Å². The molecule has 0 bridgehead atoms. The zero-order valence-corrected chi connectivity index (χ0v) is 7.48. The summed E-state index contributed by atoms with van der Waals surface area (Å²) in [5.74, 6) is 0.493. The minimum atomic E-state index is 0.338. The van der Waals surface area contributed by atoms with Crippen LogP contribution in [0.3, 0.4) is 0 Å². The second kappa shape index (κ2) is 3.57. The monoisotopic (exact) mass is 198 g/mol. The fraction of sp³-hybridized carbons (Fsp3) is 0.286. The highest BCUT2D eigenvalue weighted by atomic mass is 35.5. The second-order valence-corrected chi connectivity index (χ2v) is 2.82. The maximum atomic E-state index is 5.67. The van der Waals surface area contributed by atoms with Crippen molar-refractivity contribution in [1.82, 2.24) is 15.2 Å². The molecule has 13 heavy (non-hydrogen) atoms. The largest absolute Gasteiger partial charge is 0.498 e. The van der Waals surface area contributed by atoms with Gasteiger partial charge in [-0.05, 0) is 0 Å². The Morgan fingerprint density at radius 3 is 3.15 bits per heavy atom. The van der Waals surface area contributed by atoms with Crippen molar-refractivity contribution in [3.63, 3.8) is 0 Å². The molecule has 1 aliphatic heterocycles. The van der Waals surface area contributed by atoms with E-state index in [0.717, 1.165) is 0 Å². The van der Waals surface area contributed by atoms with Gasteiger partial charge in [-0.3, -0.25) is 0 Å². The molecule has 0 radical (unpaired) electrons. The third-order valence-corrected chi connectivity index (χ3v) is 1.74. The molecule has 0 spiro atoms. The van der Waals surface area contributed by atoms with Crippen molar-refractivity contribution in [3.05, 3.63) is 23.8 Å². The molecule has 6 heteroatoms. The molecule has 0 saturated heterocycles. The fourth-order valence-corrected chi connectivity index (χ4v) is 1.09. The third kappa shape index (κ3) is 1.86. The van der Waals surface area contributed by atoms with Gasteiger partial charge in [-0.15, -0.1) is 5.10 Å². The minimum absolute atomic E-state index is 0.338. The van der Waals surface area contributed by atoms with Crippen molar-refractivity contribution in [1.29, 1.82) is 0 Å². The van der Waals surface area contributed by atoms with E-state index in [0.29, 0.717) is 24.3 Å². The zero-order chi connectivity index (χ0) is 9.10. The van der Waals surface area contributed by atoms with E-state index < -0.39 is 0 Å². The maximum Gasteiger partial charge on any atom is 0.251 e. The van der Waals surface area contributed by atoms with Gasteiger partial charge in [0.2, 0.25) is 0 Å². The molecule has 0 saturated carbocycles. The predicted octanol–water partition coefficient (Wildman–Crippen LogP) is 0.833. The van der Waals surface area contributed by atoms with Crippen molar-refractivity contribution in [2.24, 2.45) is 0 Å². The molecule has 0 atom stereocenters. The summed E-state index contributed by atoms with van der Waals surface area (Å²) < 4.78 is 5.02. The van der Waals surface area contributed by atoms with Crippen molar-refractivity contribution in [2.45, 2.75) is 0 Å². The van der Waals surface area contributed by atoms with Gasteiger partial charge in [-0.2, -0.15) is 10.1 Å². The molecule has 0 unspecified atom stereocenters. The summed E-state index contributed by atoms with van der Waals surface area (Å²) in [5, 5.41) is 7.87. The zero-order valence-electron chi connectivity index (χ0n) is 6.72. The first kappa shape index (κ1) is 8.25. The summed E-state index contributed by atoms with van der Waals surface area (Å²) >= 11 is 5.67. The lowest BCUT2D eigenvalue weighted by Gasteiger charge is -2.20. The Hall–Kier alpha value is -1.36. The second-order valence-electron chi connectivity index (χ2n) is 2.43. The van der Waals surface area contributed by atoms with Crippen LogP contribution in [0.25, 0.3) is 0 Å². The predicted molar refractivity (Wildman–Crippen MR) is 47.3 cm³/mol. The van der Waals surface area contributed by atoms with Crippen LogP contribution in [-0.2, 0) is 4.74 Å². The van der Waals surface area contributed by atoms with Crippen molar-refractivity contribution >= 4 is 17.5 Å². The van der Waals surface area contributed by atoms with E-state index in [1.807, 2.05) is 4.90 Å². The highest BCUT2D eigenvalue weighted by molar-refractivity contribution is 6.29. The molecular weight excluding hydrogens is 192 g/mol. The Balaban J connectivity index is 2.24. The maximum absolute atomic E-state index is 5.67. The normalized spacial score (nSPS) is 15.6. The summed E-state index contributed by atoms with van der Waals surface area (Å²) in [6, 6.07) is 0. The van der Waals surface area contributed by atoms with Gasteiger partial charge in [0.15, 0.2) is 5.15 Å². The number of rotatable bonds is 1. The molecule has 1 aromatic heterocycles. The van der Waals surface area contributed by atoms with E-state index >= 15 is 0 Å². The Morgan fingerprint density at radius 2 is 2.46 bits per heavy atom.